The van der Waals surface area contributed by atoms with Gasteiger partial charge in [0.05, 0.1) is 25.9 Å². The molecule has 0 radical (unpaired) electrons. The molecule has 0 bridgehead atoms. The van der Waals surface area contributed by atoms with E-state index in [1.54, 1.807) is 0 Å². The van der Waals surface area contributed by atoms with Crippen LogP contribution < -0.4 is 0 Å². The number of hydrogen-bond donors (Lipinski definition) is 4. The highest BCUT2D eigenvalue weighted by molar-refractivity contribution is 5.00. The third kappa shape index (κ3) is 4.57. The summed E-state index contributed by atoms with van der Waals surface area (Å²) in [6.07, 6.45) is 1.05. The summed E-state index contributed by atoms with van der Waals surface area (Å²) in [6.45, 7) is 6.28. The Morgan fingerprint density at radius 1 is 1.24 bits per heavy atom. The van der Waals surface area contributed by atoms with E-state index in [0.29, 0.717) is 0 Å². The molecule has 0 heterocycles. The van der Waals surface area contributed by atoms with E-state index in [1.807, 2.05) is 0 Å². The minimum absolute atomic E-state index is 0.0223. The second-order valence-electron chi connectivity index (χ2n) is 3.79. The summed E-state index contributed by atoms with van der Waals surface area (Å²) in [4.78, 5) is 0. The first kappa shape index (κ1) is 16.3. The van der Waals surface area contributed by atoms with E-state index in [-0.39, 0.29) is 26.1 Å². The van der Waals surface area contributed by atoms with Crippen LogP contribution in [0.4, 0.5) is 0 Å². The highest BCUT2D eigenvalue weighted by atomic mass is 16.5. The monoisotopic (exact) mass is 246 g/mol. The van der Waals surface area contributed by atoms with E-state index < -0.39 is 24.4 Å². The summed E-state index contributed by atoms with van der Waals surface area (Å²) in [7, 11) is 0. The molecule has 3 unspecified atom stereocenters. The fourth-order valence-corrected chi connectivity index (χ4v) is 1.63. The van der Waals surface area contributed by atoms with Crippen molar-refractivity contribution in [2.75, 3.05) is 19.8 Å². The van der Waals surface area contributed by atoms with Gasteiger partial charge in [-0.1, -0.05) is 12.2 Å². The van der Waals surface area contributed by atoms with Gasteiger partial charge in [0.1, 0.15) is 11.7 Å². The van der Waals surface area contributed by atoms with E-state index in [2.05, 4.69) is 13.2 Å². The van der Waals surface area contributed by atoms with Crippen molar-refractivity contribution >= 4 is 0 Å². The van der Waals surface area contributed by atoms with Crippen molar-refractivity contribution in [3.63, 3.8) is 0 Å². The van der Waals surface area contributed by atoms with Gasteiger partial charge < -0.3 is 25.2 Å². The van der Waals surface area contributed by atoms with Gasteiger partial charge in [0.2, 0.25) is 0 Å². The molecule has 100 valence electrons. The molecular weight excluding hydrogens is 224 g/mol. The number of aliphatic hydroxyl groups is 4. The van der Waals surface area contributed by atoms with Crippen LogP contribution >= 0.6 is 0 Å². The standard InChI is InChI=1S/C12H22O5/c1-3-5-10(15)12(16,6-4-2)11(9-14)17-8-7-13/h3-4,10-11,13-16H,1-2,5-9H2. The van der Waals surface area contributed by atoms with Crippen LogP contribution in [0.1, 0.15) is 12.8 Å². The first-order chi connectivity index (χ1) is 8.06. The van der Waals surface area contributed by atoms with Crippen LogP contribution in [-0.4, -0.2) is 58.1 Å². The summed E-state index contributed by atoms with van der Waals surface area (Å²) in [5.74, 6) is 0. The van der Waals surface area contributed by atoms with Crippen molar-refractivity contribution in [3.05, 3.63) is 25.3 Å². The van der Waals surface area contributed by atoms with Crippen LogP contribution in [0.25, 0.3) is 0 Å². The predicted molar refractivity (Wildman–Crippen MR) is 64.5 cm³/mol. The molecule has 0 saturated heterocycles. The third-order valence-corrected chi connectivity index (χ3v) is 2.57. The van der Waals surface area contributed by atoms with E-state index in [1.165, 1.54) is 12.2 Å². The molecule has 0 saturated carbocycles. The van der Waals surface area contributed by atoms with E-state index in [4.69, 9.17) is 9.84 Å². The van der Waals surface area contributed by atoms with Gasteiger partial charge in [-0.2, -0.15) is 0 Å². The quantitative estimate of drug-likeness (QED) is 0.394. The molecule has 0 spiro atoms. The number of hydrogen-bond acceptors (Lipinski definition) is 5. The fourth-order valence-electron chi connectivity index (χ4n) is 1.63. The van der Waals surface area contributed by atoms with Crippen LogP contribution in [0, 0.1) is 0 Å². The Morgan fingerprint density at radius 3 is 2.29 bits per heavy atom. The normalized spacial score (nSPS) is 18.1. The minimum atomic E-state index is -1.64. The van der Waals surface area contributed by atoms with Crippen LogP contribution in [-0.2, 0) is 4.74 Å². The van der Waals surface area contributed by atoms with Crippen molar-refractivity contribution in [1.29, 1.82) is 0 Å². The van der Waals surface area contributed by atoms with Crippen molar-refractivity contribution < 1.29 is 25.2 Å². The maximum atomic E-state index is 10.4. The van der Waals surface area contributed by atoms with Gasteiger partial charge in [-0.25, -0.2) is 0 Å². The molecule has 4 N–H and O–H groups in total. The van der Waals surface area contributed by atoms with E-state index >= 15 is 0 Å². The molecular formula is C12H22O5. The zero-order valence-corrected chi connectivity index (χ0v) is 9.96. The van der Waals surface area contributed by atoms with Crippen molar-refractivity contribution in [2.24, 2.45) is 0 Å². The molecule has 0 aliphatic heterocycles. The van der Waals surface area contributed by atoms with Gasteiger partial charge in [-0.05, 0) is 12.8 Å². The van der Waals surface area contributed by atoms with Crippen LogP contribution in [0.2, 0.25) is 0 Å². The van der Waals surface area contributed by atoms with Gasteiger partial charge in [-0.3, -0.25) is 0 Å². The molecule has 0 rings (SSSR count). The molecule has 0 aromatic heterocycles. The topological polar surface area (TPSA) is 90.2 Å². The largest absolute Gasteiger partial charge is 0.394 e. The maximum Gasteiger partial charge on any atom is 0.122 e. The first-order valence-corrected chi connectivity index (χ1v) is 5.52. The molecule has 0 aromatic carbocycles. The summed E-state index contributed by atoms with van der Waals surface area (Å²) in [6, 6.07) is 0. The highest BCUT2D eigenvalue weighted by Crippen LogP contribution is 2.25. The zero-order chi connectivity index (χ0) is 13.3. The Bertz CT molecular complexity index is 231. The van der Waals surface area contributed by atoms with Crippen molar-refractivity contribution in [3.8, 4) is 0 Å². The molecule has 3 atom stereocenters. The molecule has 0 aromatic rings. The van der Waals surface area contributed by atoms with Gasteiger partial charge in [0, 0.05) is 0 Å². The Hall–Kier alpha value is -0.720. The summed E-state index contributed by atoms with van der Waals surface area (Å²) in [5.41, 5.74) is -1.64. The third-order valence-electron chi connectivity index (χ3n) is 2.57. The summed E-state index contributed by atoms with van der Waals surface area (Å²) < 4.78 is 5.13. The zero-order valence-electron chi connectivity index (χ0n) is 9.96. The second-order valence-corrected chi connectivity index (χ2v) is 3.79. The van der Waals surface area contributed by atoms with Crippen LogP contribution in [0.3, 0.4) is 0 Å². The van der Waals surface area contributed by atoms with Crippen molar-refractivity contribution in [1.82, 2.24) is 0 Å². The molecule has 0 amide bonds. The van der Waals surface area contributed by atoms with Crippen LogP contribution in [0.15, 0.2) is 25.3 Å². The molecule has 17 heavy (non-hydrogen) atoms. The Morgan fingerprint density at radius 2 is 1.88 bits per heavy atom. The Kier molecular flexibility index (Phi) is 8.03. The number of ether oxygens (including phenoxy) is 1. The number of rotatable bonds is 10. The van der Waals surface area contributed by atoms with Gasteiger partial charge in [0.25, 0.3) is 0 Å². The second kappa shape index (κ2) is 8.38. The van der Waals surface area contributed by atoms with Crippen molar-refractivity contribution in [2.45, 2.75) is 30.7 Å². The van der Waals surface area contributed by atoms with E-state index in [9.17, 15) is 15.3 Å². The van der Waals surface area contributed by atoms with Gasteiger partial charge in [-0.15, -0.1) is 13.2 Å². The summed E-state index contributed by atoms with van der Waals surface area (Å²) >= 11 is 0. The lowest BCUT2D eigenvalue weighted by atomic mass is 9.85. The van der Waals surface area contributed by atoms with Gasteiger partial charge in [0.15, 0.2) is 0 Å². The average molecular weight is 246 g/mol. The van der Waals surface area contributed by atoms with E-state index in [0.717, 1.165) is 0 Å². The van der Waals surface area contributed by atoms with Crippen LogP contribution in [0.5, 0.6) is 0 Å². The summed E-state index contributed by atoms with van der Waals surface area (Å²) in [5, 5.41) is 38.1. The average Bonchev–Trinajstić information content (AvgIpc) is 2.30. The molecule has 0 fully saturated rings. The molecule has 5 heteroatoms. The smallest absolute Gasteiger partial charge is 0.122 e. The van der Waals surface area contributed by atoms with Gasteiger partial charge >= 0.3 is 0 Å². The highest BCUT2D eigenvalue weighted by Gasteiger charge is 2.42. The fraction of sp³-hybridized carbons (Fsp3) is 0.667. The minimum Gasteiger partial charge on any atom is -0.394 e. The molecule has 0 aliphatic carbocycles. The lowest BCUT2D eigenvalue weighted by molar-refractivity contribution is -0.177. The number of aliphatic hydroxyl groups excluding tert-OH is 3. The Labute approximate surface area is 102 Å². The Balaban J connectivity index is 4.84. The lowest BCUT2D eigenvalue weighted by Gasteiger charge is -2.37. The molecule has 0 aliphatic rings. The lowest BCUT2D eigenvalue weighted by Crippen LogP contribution is -2.54. The first-order valence-electron chi connectivity index (χ1n) is 5.52. The SMILES string of the molecule is C=CCC(O)C(O)(CC=C)C(CO)OCCO. The predicted octanol–water partition coefficient (Wildman–Crippen LogP) is -0.400. The maximum absolute atomic E-state index is 10.4. The molecule has 5 nitrogen and oxygen atoms in total.